The first-order valence-corrected chi connectivity index (χ1v) is 7.00. The van der Waals surface area contributed by atoms with E-state index in [1.54, 1.807) is 12.1 Å². The van der Waals surface area contributed by atoms with Gasteiger partial charge in [-0.1, -0.05) is 22.0 Å². The first-order valence-electron chi connectivity index (χ1n) is 6.21. The molecule has 0 atom stereocenters. The smallest absolute Gasteiger partial charge is 0.243 e. The van der Waals surface area contributed by atoms with Crippen molar-refractivity contribution in [3.8, 4) is 5.75 Å². The van der Waals surface area contributed by atoms with Gasteiger partial charge < -0.3 is 15.4 Å². The van der Waals surface area contributed by atoms with E-state index in [0.717, 1.165) is 4.47 Å². The molecule has 0 radical (unpaired) electrons. The molecule has 0 unspecified atom stereocenters. The SMILES string of the molecule is COc1ccc(F)c(NCC(=O)Nc2cccc(Br)c2)c1. The molecule has 2 aromatic rings. The van der Waals surface area contributed by atoms with Crippen molar-refractivity contribution in [2.45, 2.75) is 0 Å². The lowest BCUT2D eigenvalue weighted by Gasteiger charge is -2.10. The van der Waals surface area contributed by atoms with Gasteiger partial charge in [0.05, 0.1) is 19.3 Å². The van der Waals surface area contributed by atoms with Crippen LogP contribution in [-0.2, 0) is 4.79 Å². The fraction of sp³-hybridized carbons (Fsp3) is 0.133. The monoisotopic (exact) mass is 352 g/mol. The van der Waals surface area contributed by atoms with Crippen LogP contribution in [0.15, 0.2) is 46.9 Å². The number of methoxy groups -OCH3 is 1. The highest BCUT2D eigenvalue weighted by Crippen LogP contribution is 2.21. The van der Waals surface area contributed by atoms with Gasteiger partial charge in [0.15, 0.2) is 0 Å². The summed E-state index contributed by atoms with van der Waals surface area (Å²) in [6.07, 6.45) is 0. The van der Waals surface area contributed by atoms with Crippen molar-refractivity contribution >= 4 is 33.2 Å². The lowest BCUT2D eigenvalue weighted by Crippen LogP contribution is -2.22. The zero-order chi connectivity index (χ0) is 15.2. The molecule has 0 aliphatic heterocycles. The Morgan fingerprint density at radius 1 is 1.29 bits per heavy atom. The molecule has 2 aromatic carbocycles. The van der Waals surface area contributed by atoms with E-state index in [4.69, 9.17) is 4.74 Å². The Labute approximate surface area is 130 Å². The quantitative estimate of drug-likeness (QED) is 0.863. The van der Waals surface area contributed by atoms with Gasteiger partial charge in [0.1, 0.15) is 11.6 Å². The van der Waals surface area contributed by atoms with Gasteiger partial charge in [-0.25, -0.2) is 4.39 Å². The standard InChI is InChI=1S/C15H14BrFN2O2/c1-21-12-5-6-13(17)14(8-12)18-9-15(20)19-11-4-2-3-10(16)7-11/h2-8,18H,9H2,1H3,(H,19,20). The summed E-state index contributed by atoms with van der Waals surface area (Å²) in [6.45, 7) is -0.0450. The maximum absolute atomic E-state index is 13.6. The van der Waals surface area contributed by atoms with Crippen molar-refractivity contribution in [1.82, 2.24) is 0 Å². The minimum atomic E-state index is -0.439. The molecular weight excluding hydrogens is 339 g/mol. The average Bonchev–Trinajstić information content (AvgIpc) is 2.46. The highest BCUT2D eigenvalue weighted by molar-refractivity contribution is 9.10. The summed E-state index contributed by atoms with van der Waals surface area (Å²) in [6, 6.07) is 11.5. The summed E-state index contributed by atoms with van der Waals surface area (Å²) >= 11 is 3.32. The van der Waals surface area contributed by atoms with E-state index in [-0.39, 0.29) is 18.1 Å². The van der Waals surface area contributed by atoms with Crippen molar-refractivity contribution in [2.75, 3.05) is 24.3 Å². The molecular formula is C15H14BrFN2O2. The van der Waals surface area contributed by atoms with Crippen LogP contribution < -0.4 is 15.4 Å². The van der Waals surface area contributed by atoms with Crippen LogP contribution in [0.4, 0.5) is 15.8 Å². The molecule has 0 aromatic heterocycles. The lowest BCUT2D eigenvalue weighted by atomic mass is 10.3. The molecule has 1 amide bonds. The second-order valence-electron chi connectivity index (χ2n) is 4.26. The van der Waals surface area contributed by atoms with E-state index in [1.165, 1.54) is 25.3 Å². The molecule has 4 nitrogen and oxygen atoms in total. The van der Waals surface area contributed by atoms with E-state index in [2.05, 4.69) is 26.6 Å². The van der Waals surface area contributed by atoms with Crippen molar-refractivity contribution in [3.05, 3.63) is 52.8 Å². The van der Waals surface area contributed by atoms with Gasteiger partial charge in [-0.05, 0) is 30.3 Å². The van der Waals surface area contributed by atoms with Gasteiger partial charge in [0.25, 0.3) is 0 Å². The number of ether oxygens (including phenoxy) is 1. The zero-order valence-electron chi connectivity index (χ0n) is 11.3. The third-order valence-corrected chi connectivity index (χ3v) is 3.21. The Kier molecular flexibility index (Phi) is 5.16. The minimum absolute atomic E-state index is 0.0450. The summed E-state index contributed by atoms with van der Waals surface area (Å²) in [5.74, 6) is -0.187. The molecule has 0 spiro atoms. The van der Waals surface area contributed by atoms with E-state index >= 15 is 0 Å². The van der Waals surface area contributed by atoms with Gasteiger partial charge in [0, 0.05) is 16.2 Å². The van der Waals surface area contributed by atoms with Gasteiger partial charge in [-0.15, -0.1) is 0 Å². The molecule has 0 aliphatic rings. The number of halogens is 2. The number of carbonyl (C=O) groups is 1. The molecule has 6 heteroatoms. The number of nitrogens with one attached hydrogen (secondary N) is 2. The van der Waals surface area contributed by atoms with Crippen LogP contribution in [0, 0.1) is 5.82 Å². The molecule has 2 rings (SSSR count). The Bertz CT molecular complexity index is 649. The largest absolute Gasteiger partial charge is 0.497 e. The van der Waals surface area contributed by atoms with E-state index in [0.29, 0.717) is 11.4 Å². The maximum atomic E-state index is 13.6. The molecule has 21 heavy (non-hydrogen) atoms. The Balaban J connectivity index is 1.95. The molecule has 0 heterocycles. The Morgan fingerprint density at radius 2 is 2.10 bits per heavy atom. The van der Waals surface area contributed by atoms with Crippen LogP contribution in [0.5, 0.6) is 5.75 Å². The van der Waals surface area contributed by atoms with Crippen molar-refractivity contribution in [1.29, 1.82) is 0 Å². The van der Waals surface area contributed by atoms with Crippen molar-refractivity contribution in [3.63, 3.8) is 0 Å². The molecule has 0 bridgehead atoms. The van der Waals surface area contributed by atoms with Gasteiger partial charge in [-0.3, -0.25) is 4.79 Å². The van der Waals surface area contributed by atoms with Gasteiger partial charge >= 0.3 is 0 Å². The van der Waals surface area contributed by atoms with Crippen LogP contribution >= 0.6 is 15.9 Å². The summed E-state index contributed by atoms with van der Waals surface area (Å²) in [5, 5.41) is 5.46. The highest BCUT2D eigenvalue weighted by Gasteiger charge is 2.07. The molecule has 0 saturated heterocycles. The second-order valence-corrected chi connectivity index (χ2v) is 5.17. The van der Waals surface area contributed by atoms with Gasteiger partial charge in [0.2, 0.25) is 5.91 Å². The topological polar surface area (TPSA) is 50.4 Å². The predicted molar refractivity (Wildman–Crippen MR) is 84.2 cm³/mol. The Morgan fingerprint density at radius 3 is 2.81 bits per heavy atom. The van der Waals surface area contributed by atoms with E-state index in [9.17, 15) is 9.18 Å². The third-order valence-electron chi connectivity index (χ3n) is 2.72. The fourth-order valence-corrected chi connectivity index (χ4v) is 2.11. The molecule has 0 fully saturated rings. The summed E-state index contributed by atoms with van der Waals surface area (Å²) in [4.78, 5) is 11.8. The number of anilines is 2. The molecule has 0 saturated carbocycles. The molecule has 2 N–H and O–H groups in total. The van der Waals surface area contributed by atoms with Crippen LogP contribution in [-0.4, -0.2) is 19.6 Å². The molecule has 0 aliphatic carbocycles. The first kappa shape index (κ1) is 15.3. The predicted octanol–water partition coefficient (Wildman–Crippen LogP) is 3.65. The highest BCUT2D eigenvalue weighted by atomic mass is 79.9. The summed E-state index contributed by atoms with van der Waals surface area (Å²) < 4.78 is 19.5. The molecule has 110 valence electrons. The zero-order valence-corrected chi connectivity index (χ0v) is 12.9. The number of benzene rings is 2. The van der Waals surface area contributed by atoms with E-state index in [1.807, 2.05) is 12.1 Å². The van der Waals surface area contributed by atoms with Crippen molar-refractivity contribution < 1.29 is 13.9 Å². The Hall–Kier alpha value is -2.08. The summed E-state index contributed by atoms with van der Waals surface area (Å²) in [5.41, 5.74) is 0.890. The average molecular weight is 353 g/mol. The second kappa shape index (κ2) is 7.08. The van der Waals surface area contributed by atoms with Crippen LogP contribution in [0.3, 0.4) is 0 Å². The van der Waals surface area contributed by atoms with Crippen LogP contribution in [0.1, 0.15) is 0 Å². The first-order chi connectivity index (χ1) is 10.1. The normalized spacial score (nSPS) is 10.0. The minimum Gasteiger partial charge on any atom is -0.497 e. The number of hydrogen-bond acceptors (Lipinski definition) is 3. The fourth-order valence-electron chi connectivity index (χ4n) is 1.71. The van der Waals surface area contributed by atoms with E-state index < -0.39 is 5.82 Å². The van der Waals surface area contributed by atoms with Gasteiger partial charge in [-0.2, -0.15) is 0 Å². The maximum Gasteiger partial charge on any atom is 0.243 e. The van der Waals surface area contributed by atoms with Crippen molar-refractivity contribution in [2.24, 2.45) is 0 Å². The van der Waals surface area contributed by atoms with Crippen LogP contribution in [0.25, 0.3) is 0 Å². The number of amides is 1. The number of carbonyl (C=O) groups excluding carboxylic acids is 1. The third kappa shape index (κ3) is 4.46. The lowest BCUT2D eigenvalue weighted by molar-refractivity contribution is -0.114. The summed E-state index contributed by atoms with van der Waals surface area (Å²) in [7, 11) is 1.50. The number of rotatable bonds is 5. The number of hydrogen-bond donors (Lipinski definition) is 2. The van der Waals surface area contributed by atoms with Crippen LogP contribution in [0.2, 0.25) is 0 Å².